The van der Waals surface area contributed by atoms with Crippen molar-refractivity contribution in [2.24, 2.45) is 11.7 Å². The van der Waals surface area contributed by atoms with Gasteiger partial charge in [-0.2, -0.15) is 0 Å². The number of nitrogens with zero attached hydrogens (tertiary/aromatic N) is 1. The van der Waals surface area contributed by atoms with Crippen molar-refractivity contribution in [1.82, 2.24) is 4.90 Å². The molecule has 2 rings (SSSR count). The molecule has 3 nitrogen and oxygen atoms in total. The lowest BCUT2D eigenvalue weighted by Gasteiger charge is -2.31. The first-order valence-electron chi connectivity index (χ1n) is 7.10. The van der Waals surface area contributed by atoms with Crippen LogP contribution in [0.15, 0.2) is 0 Å². The number of rotatable bonds is 3. The van der Waals surface area contributed by atoms with Crippen LogP contribution in [0.3, 0.4) is 0 Å². The van der Waals surface area contributed by atoms with Gasteiger partial charge < -0.3 is 10.6 Å². The minimum atomic E-state index is -0.193. The molecule has 2 N–H and O–H groups in total. The SMILES string of the molecule is CC(C)C1CCCN1C(=O)CC1(N)CCCC1. The van der Waals surface area contributed by atoms with E-state index in [2.05, 4.69) is 18.7 Å². The summed E-state index contributed by atoms with van der Waals surface area (Å²) in [6.07, 6.45) is 7.33. The van der Waals surface area contributed by atoms with E-state index >= 15 is 0 Å². The second-order valence-electron chi connectivity index (χ2n) is 6.29. The molecule has 0 radical (unpaired) electrons. The average Bonchev–Trinajstić information content (AvgIpc) is 2.85. The van der Waals surface area contributed by atoms with Gasteiger partial charge in [0, 0.05) is 24.5 Å². The Hall–Kier alpha value is -0.570. The Morgan fingerprint density at radius 1 is 1.35 bits per heavy atom. The molecule has 0 spiro atoms. The van der Waals surface area contributed by atoms with E-state index in [1.807, 2.05) is 0 Å². The standard InChI is InChI=1S/C14H26N2O/c1-11(2)12-6-5-9-16(12)13(17)10-14(15)7-3-4-8-14/h11-12H,3-10,15H2,1-2H3. The fourth-order valence-corrected chi connectivity index (χ4v) is 3.45. The van der Waals surface area contributed by atoms with Crippen LogP contribution in [0, 0.1) is 5.92 Å². The zero-order valence-corrected chi connectivity index (χ0v) is 11.2. The molecule has 1 aliphatic heterocycles. The summed E-state index contributed by atoms with van der Waals surface area (Å²) in [4.78, 5) is 14.5. The Labute approximate surface area is 105 Å². The molecule has 98 valence electrons. The molecule has 0 aromatic carbocycles. The third-order valence-electron chi connectivity index (χ3n) is 4.49. The predicted octanol–water partition coefficient (Wildman–Crippen LogP) is 2.29. The first-order chi connectivity index (χ1) is 8.02. The molecule has 1 saturated carbocycles. The summed E-state index contributed by atoms with van der Waals surface area (Å²) in [5.74, 6) is 0.865. The Kier molecular flexibility index (Phi) is 3.76. The second-order valence-corrected chi connectivity index (χ2v) is 6.29. The summed E-state index contributed by atoms with van der Waals surface area (Å²) in [6, 6.07) is 0.451. The first-order valence-corrected chi connectivity index (χ1v) is 7.10. The number of likely N-dealkylation sites (tertiary alicyclic amines) is 1. The summed E-state index contributed by atoms with van der Waals surface area (Å²) in [7, 11) is 0. The van der Waals surface area contributed by atoms with Crippen molar-refractivity contribution >= 4 is 5.91 Å². The van der Waals surface area contributed by atoms with Crippen molar-refractivity contribution in [3.63, 3.8) is 0 Å². The molecule has 0 bridgehead atoms. The van der Waals surface area contributed by atoms with Crippen LogP contribution < -0.4 is 5.73 Å². The normalized spacial score (nSPS) is 28.0. The highest BCUT2D eigenvalue weighted by atomic mass is 16.2. The monoisotopic (exact) mass is 238 g/mol. The molecule has 17 heavy (non-hydrogen) atoms. The molecule has 1 atom stereocenters. The van der Waals surface area contributed by atoms with E-state index in [1.54, 1.807) is 0 Å². The average molecular weight is 238 g/mol. The molecule has 1 aliphatic carbocycles. The molecule has 1 amide bonds. The maximum atomic E-state index is 12.4. The lowest BCUT2D eigenvalue weighted by atomic mass is 9.93. The predicted molar refractivity (Wildman–Crippen MR) is 69.6 cm³/mol. The quantitative estimate of drug-likeness (QED) is 0.820. The molecule has 1 heterocycles. The maximum absolute atomic E-state index is 12.4. The zero-order chi connectivity index (χ0) is 12.5. The molecular formula is C14H26N2O. The third kappa shape index (κ3) is 2.82. The first kappa shape index (κ1) is 12.9. The number of nitrogens with two attached hydrogens (primary N) is 1. The van der Waals surface area contributed by atoms with Crippen LogP contribution in [-0.2, 0) is 4.79 Å². The van der Waals surface area contributed by atoms with E-state index < -0.39 is 0 Å². The van der Waals surface area contributed by atoms with Crippen molar-refractivity contribution < 1.29 is 4.79 Å². The topological polar surface area (TPSA) is 46.3 Å². The Morgan fingerprint density at radius 2 is 2.00 bits per heavy atom. The van der Waals surface area contributed by atoms with Gasteiger partial charge in [-0.15, -0.1) is 0 Å². The van der Waals surface area contributed by atoms with Gasteiger partial charge in [0.1, 0.15) is 0 Å². The molecule has 3 heteroatoms. The minimum Gasteiger partial charge on any atom is -0.339 e. The van der Waals surface area contributed by atoms with E-state index in [9.17, 15) is 4.79 Å². The lowest BCUT2D eigenvalue weighted by molar-refractivity contribution is -0.134. The highest BCUT2D eigenvalue weighted by molar-refractivity contribution is 5.78. The number of carbonyl (C=O) groups excluding carboxylic acids is 1. The van der Waals surface area contributed by atoms with E-state index in [1.165, 1.54) is 19.3 Å². The fraction of sp³-hybridized carbons (Fsp3) is 0.929. The summed E-state index contributed by atoms with van der Waals surface area (Å²) in [5.41, 5.74) is 6.11. The molecule has 2 aliphatic rings. The van der Waals surface area contributed by atoms with Crippen molar-refractivity contribution in [3.8, 4) is 0 Å². The zero-order valence-electron chi connectivity index (χ0n) is 11.2. The van der Waals surface area contributed by atoms with Gasteiger partial charge in [0.05, 0.1) is 0 Å². The number of hydrogen-bond donors (Lipinski definition) is 1. The van der Waals surface area contributed by atoms with E-state index in [-0.39, 0.29) is 5.54 Å². The molecule has 0 aromatic rings. The van der Waals surface area contributed by atoms with Gasteiger partial charge in [-0.1, -0.05) is 26.7 Å². The largest absolute Gasteiger partial charge is 0.339 e. The van der Waals surface area contributed by atoms with Gasteiger partial charge in [0.25, 0.3) is 0 Å². The molecule has 1 unspecified atom stereocenters. The Morgan fingerprint density at radius 3 is 2.59 bits per heavy atom. The molecule has 0 aromatic heterocycles. The lowest BCUT2D eigenvalue weighted by Crippen LogP contribution is -2.46. The van der Waals surface area contributed by atoms with Gasteiger partial charge in [0.15, 0.2) is 0 Å². The molecule has 1 saturated heterocycles. The number of amides is 1. The van der Waals surface area contributed by atoms with Gasteiger partial charge in [-0.05, 0) is 31.6 Å². The van der Waals surface area contributed by atoms with Crippen molar-refractivity contribution in [2.45, 2.75) is 70.4 Å². The van der Waals surface area contributed by atoms with Crippen molar-refractivity contribution in [1.29, 1.82) is 0 Å². The fourth-order valence-electron chi connectivity index (χ4n) is 3.45. The second kappa shape index (κ2) is 4.97. The van der Waals surface area contributed by atoms with Crippen LogP contribution in [-0.4, -0.2) is 28.9 Å². The highest BCUT2D eigenvalue weighted by Gasteiger charge is 2.37. The van der Waals surface area contributed by atoms with Crippen LogP contribution in [0.5, 0.6) is 0 Å². The third-order valence-corrected chi connectivity index (χ3v) is 4.49. The van der Waals surface area contributed by atoms with E-state index in [4.69, 9.17) is 5.73 Å². The Bertz CT molecular complexity index is 282. The molecule has 2 fully saturated rings. The molecular weight excluding hydrogens is 212 g/mol. The maximum Gasteiger partial charge on any atom is 0.224 e. The van der Waals surface area contributed by atoms with E-state index in [0.29, 0.717) is 24.3 Å². The van der Waals surface area contributed by atoms with Crippen LogP contribution >= 0.6 is 0 Å². The number of carbonyl (C=O) groups is 1. The van der Waals surface area contributed by atoms with Crippen LogP contribution in [0.25, 0.3) is 0 Å². The van der Waals surface area contributed by atoms with Crippen molar-refractivity contribution in [3.05, 3.63) is 0 Å². The summed E-state index contributed by atoms with van der Waals surface area (Å²) in [5, 5.41) is 0. The van der Waals surface area contributed by atoms with Gasteiger partial charge >= 0.3 is 0 Å². The number of hydrogen-bond acceptors (Lipinski definition) is 2. The highest BCUT2D eigenvalue weighted by Crippen LogP contribution is 2.32. The van der Waals surface area contributed by atoms with Gasteiger partial charge in [-0.3, -0.25) is 4.79 Å². The van der Waals surface area contributed by atoms with Gasteiger partial charge in [0.2, 0.25) is 5.91 Å². The van der Waals surface area contributed by atoms with Crippen LogP contribution in [0.4, 0.5) is 0 Å². The van der Waals surface area contributed by atoms with Crippen LogP contribution in [0.1, 0.15) is 58.8 Å². The Balaban J connectivity index is 1.95. The van der Waals surface area contributed by atoms with Crippen molar-refractivity contribution in [2.75, 3.05) is 6.54 Å². The van der Waals surface area contributed by atoms with Crippen LogP contribution in [0.2, 0.25) is 0 Å². The summed E-state index contributed by atoms with van der Waals surface area (Å²) < 4.78 is 0. The smallest absolute Gasteiger partial charge is 0.224 e. The van der Waals surface area contributed by atoms with E-state index in [0.717, 1.165) is 25.8 Å². The van der Waals surface area contributed by atoms with Gasteiger partial charge in [-0.25, -0.2) is 0 Å². The summed E-state index contributed by atoms with van der Waals surface area (Å²) >= 11 is 0. The minimum absolute atomic E-state index is 0.193. The summed E-state index contributed by atoms with van der Waals surface area (Å²) in [6.45, 7) is 5.37.